The van der Waals surface area contributed by atoms with E-state index in [0.717, 1.165) is 25.9 Å². The molecule has 0 spiro atoms. The highest BCUT2D eigenvalue weighted by atomic mass is 16.2. The molecule has 2 amide bonds. The minimum absolute atomic E-state index is 0.0248. The number of aromatic nitrogens is 2. The average Bonchev–Trinajstić information content (AvgIpc) is 2.51. The van der Waals surface area contributed by atoms with Gasteiger partial charge in [0.15, 0.2) is 0 Å². The van der Waals surface area contributed by atoms with Gasteiger partial charge in [-0.15, -0.1) is 0 Å². The van der Waals surface area contributed by atoms with Gasteiger partial charge in [-0.25, -0.2) is 4.79 Å². The van der Waals surface area contributed by atoms with E-state index in [2.05, 4.69) is 15.3 Å². The molecule has 2 heterocycles. The van der Waals surface area contributed by atoms with Gasteiger partial charge >= 0.3 is 5.69 Å². The maximum Gasteiger partial charge on any atom is 0.345 e. The van der Waals surface area contributed by atoms with Crippen LogP contribution in [0.3, 0.4) is 0 Å². The lowest BCUT2D eigenvalue weighted by molar-refractivity contribution is -0.135. The van der Waals surface area contributed by atoms with E-state index in [1.165, 1.54) is 0 Å². The number of hydrogen-bond acceptors (Lipinski definition) is 4. The summed E-state index contributed by atoms with van der Waals surface area (Å²) < 4.78 is 0. The standard InChI is InChI=1S/C16H24N4O3/c1-10(2)15(22)20-6-4-12(5-7-20)9-17-14(21)13-8-11(3)18-16(23)19-13/h8,10,12H,4-7,9H2,1-3H3,(H,17,21)(H,18,19,23). The fraction of sp³-hybridized carbons (Fsp3) is 0.625. The smallest absolute Gasteiger partial charge is 0.345 e. The Morgan fingerprint density at radius 3 is 2.61 bits per heavy atom. The number of aromatic amines is 1. The number of carbonyl (C=O) groups excluding carboxylic acids is 2. The van der Waals surface area contributed by atoms with E-state index in [9.17, 15) is 14.4 Å². The van der Waals surface area contributed by atoms with Crippen molar-refractivity contribution in [3.63, 3.8) is 0 Å². The second-order valence-electron chi connectivity index (χ2n) is 6.39. The maximum atomic E-state index is 12.1. The van der Waals surface area contributed by atoms with Crippen LogP contribution in [0.1, 0.15) is 42.9 Å². The van der Waals surface area contributed by atoms with Gasteiger partial charge in [-0.2, -0.15) is 4.98 Å². The van der Waals surface area contributed by atoms with Crippen LogP contribution >= 0.6 is 0 Å². The topological polar surface area (TPSA) is 95.2 Å². The van der Waals surface area contributed by atoms with Crippen molar-refractivity contribution in [3.8, 4) is 0 Å². The molecule has 0 unspecified atom stereocenters. The summed E-state index contributed by atoms with van der Waals surface area (Å²) in [5.74, 6) is 0.227. The molecule has 1 saturated heterocycles. The summed E-state index contributed by atoms with van der Waals surface area (Å²) in [5.41, 5.74) is 0.227. The van der Waals surface area contributed by atoms with Gasteiger partial charge in [-0.3, -0.25) is 9.59 Å². The molecule has 7 nitrogen and oxygen atoms in total. The molecule has 0 saturated carbocycles. The van der Waals surface area contributed by atoms with Crippen molar-refractivity contribution >= 4 is 11.8 Å². The monoisotopic (exact) mass is 320 g/mol. The summed E-state index contributed by atoms with van der Waals surface area (Å²) in [6.07, 6.45) is 1.75. The third kappa shape index (κ3) is 4.64. The minimum Gasteiger partial charge on any atom is -0.350 e. The molecule has 0 aliphatic carbocycles. The highest BCUT2D eigenvalue weighted by molar-refractivity contribution is 5.92. The lowest BCUT2D eigenvalue weighted by Gasteiger charge is -2.33. The van der Waals surface area contributed by atoms with Crippen LogP contribution in [0.5, 0.6) is 0 Å². The summed E-state index contributed by atoms with van der Waals surface area (Å²) in [6.45, 7) is 7.54. The molecule has 1 fully saturated rings. The number of rotatable bonds is 4. The minimum atomic E-state index is -0.518. The van der Waals surface area contributed by atoms with Crippen LogP contribution in [0.25, 0.3) is 0 Å². The Bertz CT molecular complexity index is 630. The van der Waals surface area contributed by atoms with Crippen molar-refractivity contribution < 1.29 is 9.59 Å². The molecule has 23 heavy (non-hydrogen) atoms. The van der Waals surface area contributed by atoms with E-state index in [1.807, 2.05) is 18.7 Å². The van der Waals surface area contributed by atoms with Crippen LogP contribution in [-0.4, -0.2) is 46.3 Å². The molecular formula is C16H24N4O3. The van der Waals surface area contributed by atoms with Gasteiger partial charge < -0.3 is 15.2 Å². The summed E-state index contributed by atoms with van der Waals surface area (Å²) in [6, 6.07) is 1.56. The van der Waals surface area contributed by atoms with Crippen molar-refractivity contribution in [2.75, 3.05) is 19.6 Å². The number of nitrogens with one attached hydrogen (secondary N) is 2. The Hall–Kier alpha value is -2.18. The van der Waals surface area contributed by atoms with Crippen LogP contribution in [-0.2, 0) is 4.79 Å². The zero-order chi connectivity index (χ0) is 17.0. The Morgan fingerprint density at radius 1 is 1.39 bits per heavy atom. The lowest BCUT2D eigenvalue weighted by Crippen LogP contribution is -2.43. The normalized spacial score (nSPS) is 15.7. The zero-order valence-corrected chi connectivity index (χ0v) is 13.9. The van der Waals surface area contributed by atoms with Crippen molar-refractivity contribution in [2.24, 2.45) is 11.8 Å². The van der Waals surface area contributed by atoms with Crippen LogP contribution in [0.4, 0.5) is 0 Å². The van der Waals surface area contributed by atoms with Crippen molar-refractivity contribution in [3.05, 3.63) is 27.9 Å². The second kappa shape index (κ2) is 7.39. The van der Waals surface area contributed by atoms with Gasteiger partial charge in [0, 0.05) is 31.2 Å². The highest BCUT2D eigenvalue weighted by Crippen LogP contribution is 2.18. The first-order valence-electron chi connectivity index (χ1n) is 8.01. The van der Waals surface area contributed by atoms with Crippen molar-refractivity contribution in [2.45, 2.75) is 33.6 Å². The van der Waals surface area contributed by atoms with E-state index >= 15 is 0 Å². The van der Waals surface area contributed by atoms with E-state index in [0.29, 0.717) is 18.2 Å². The molecule has 0 aromatic carbocycles. The van der Waals surface area contributed by atoms with Crippen LogP contribution in [0, 0.1) is 18.8 Å². The molecule has 0 atom stereocenters. The van der Waals surface area contributed by atoms with Gasteiger partial charge in [0.25, 0.3) is 5.91 Å². The number of aryl methyl sites for hydroxylation is 1. The first-order chi connectivity index (χ1) is 10.9. The fourth-order valence-corrected chi connectivity index (χ4v) is 2.75. The van der Waals surface area contributed by atoms with E-state index < -0.39 is 5.69 Å². The maximum absolute atomic E-state index is 12.1. The number of H-pyrrole nitrogens is 1. The third-order valence-electron chi connectivity index (χ3n) is 4.08. The molecule has 1 aliphatic rings. The van der Waals surface area contributed by atoms with E-state index in [1.54, 1.807) is 13.0 Å². The first-order valence-corrected chi connectivity index (χ1v) is 8.01. The van der Waals surface area contributed by atoms with Gasteiger partial charge in [0.1, 0.15) is 5.69 Å². The predicted octanol–water partition coefficient (Wildman–Crippen LogP) is 0.703. The summed E-state index contributed by atoms with van der Waals surface area (Å²) >= 11 is 0. The number of likely N-dealkylation sites (tertiary alicyclic amines) is 1. The Labute approximate surface area is 135 Å². The van der Waals surface area contributed by atoms with Crippen LogP contribution in [0.2, 0.25) is 0 Å². The SMILES string of the molecule is Cc1cc(C(=O)NCC2CCN(C(=O)C(C)C)CC2)nc(=O)[nH]1. The molecule has 1 aromatic heterocycles. The number of carbonyl (C=O) groups is 2. The average molecular weight is 320 g/mol. The van der Waals surface area contributed by atoms with Crippen molar-refractivity contribution in [1.29, 1.82) is 0 Å². The summed E-state index contributed by atoms with van der Waals surface area (Å²) in [4.78, 5) is 43.4. The quantitative estimate of drug-likeness (QED) is 0.854. The van der Waals surface area contributed by atoms with Crippen LogP contribution in [0.15, 0.2) is 10.9 Å². The van der Waals surface area contributed by atoms with Gasteiger partial charge in [0.05, 0.1) is 0 Å². The molecular weight excluding hydrogens is 296 g/mol. The molecule has 126 valence electrons. The molecule has 1 aromatic rings. The highest BCUT2D eigenvalue weighted by Gasteiger charge is 2.24. The second-order valence-corrected chi connectivity index (χ2v) is 6.39. The predicted molar refractivity (Wildman–Crippen MR) is 86.1 cm³/mol. The number of piperidine rings is 1. The largest absolute Gasteiger partial charge is 0.350 e. The Balaban J connectivity index is 1.82. The fourth-order valence-electron chi connectivity index (χ4n) is 2.75. The summed E-state index contributed by atoms with van der Waals surface area (Å²) in [5, 5.41) is 2.83. The van der Waals surface area contributed by atoms with Gasteiger partial charge in [-0.05, 0) is 31.7 Å². The van der Waals surface area contributed by atoms with Gasteiger partial charge in [0.2, 0.25) is 5.91 Å². The number of hydrogen-bond donors (Lipinski definition) is 2. The van der Waals surface area contributed by atoms with E-state index in [4.69, 9.17) is 0 Å². The molecule has 2 rings (SSSR count). The Morgan fingerprint density at radius 2 is 2.04 bits per heavy atom. The van der Waals surface area contributed by atoms with Crippen molar-refractivity contribution in [1.82, 2.24) is 20.2 Å². The molecule has 0 radical (unpaired) electrons. The van der Waals surface area contributed by atoms with E-state index in [-0.39, 0.29) is 23.4 Å². The molecule has 2 N–H and O–H groups in total. The Kier molecular flexibility index (Phi) is 5.52. The van der Waals surface area contributed by atoms with Gasteiger partial charge in [-0.1, -0.05) is 13.8 Å². The zero-order valence-electron chi connectivity index (χ0n) is 13.9. The number of amides is 2. The third-order valence-corrected chi connectivity index (χ3v) is 4.08. The molecule has 7 heteroatoms. The molecule has 1 aliphatic heterocycles. The number of nitrogens with zero attached hydrogens (tertiary/aromatic N) is 2. The van der Waals surface area contributed by atoms with Crippen LogP contribution < -0.4 is 11.0 Å². The summed E-state index contributed by atoms with van der Waals surface area (Å²) in [7, 11) is 0. The first kappa shape index (κ1) is 17.2. The molecule has 0 bridgehead atoms. The lowest BCUT2D eigenvalue weighted by atomic mass is 9.96.